The SMILES string of the molecule is CC(=O)Nc1cccc(NC(=O)CN(c2cccc(Cl)c2C)S(=O)(=O)c2ccccc2)c1. The number of anilines is 3. The fourth-order valence-corrected chi connectivity index (χ4v) is 4.76. The molecule has 0 bridgehead atoms. The van der Waals surface area contributed by atoms with Gasteiger partial charge in [-0.2, -0.15) is 0 Å². The molecule has 0 atom stereocenters. The van der Waals surface area contributed by atoms with Crippen LogP contribution in [-0.2, 0) is 19.6 Å². The number of halogens is 1. The molecule has 32 heavy (non-hydrogen) atoms. The van der Waals surface area contributed by atoms with E-state index in [4.69, 9.17) is 11.6 Å². The van der Waals surface area contributed by atoms with Gasteiger partial charge in [0.25, 0.3) is 10.0 Å². The molecule has 3 aromatic carbocycles. The topological polar surface area (TPSA) is 95.6 Å². The van der Waals surface area contributed by atoms with E-state index < -0.39 is 22.5 Å². The van der Waals surface area contributed by atoms with Crippen molar-refractivity contribution in [3.63, 3.8) is 0 Å². The zero-order valence-electron chi connectivity index (χ0n) is 17.5. The fraction of sp³-hybridized carbons (Fsp3) is 0.130. The number of carbonyl (C=O) groups excluding carboxylic acids is 2. The van der Waals surface area contributed by atoms with Crippen molar-refractivity contribution in [3.05, 3.63) is 83.4 Å². The summed E-state index contributed by atoms with van der Waals surface area (Å²) < 4.78 is 27.9. The fourth-order valence-electron chi connectivity index (χ4n) is 3.09. The molecule has 2 amide bonds. The summed E-state index contributed by atoms with van der Waals surface area (Å²) in [5.41, 5.74) is 1.77. The third-order valence-electron chi connectivity index (χ3n) is 4.59. The summed E-state index contributed by atoms with van der Waals surface area (Å²) >= 11 is 6.22. The van der Waals surface area contributed by atoms with Crippen molar-refractivity contribution < 1.29 is 18.0 Å². The summed E-state index contributed by atoms with van der Waals surface area (Å²) in [6.07, 6.45) is 0. The van der Waals surface area contributed by atoms with Crippen molar-refractivity contribution in [3.8, 4) is 0 Å². The van der Waals surface area contributed by atoms with E-state index >= 15 is 0 Å². The second-order valence-corrected chi connectivity index (χ2v) is 9.29. The van der Waals surface area contributed by atoms with Gasteiger partial charge in [0.05, 0.1) is 10.6 Å². The molecule has 0 saturated carbocycles. The van der Waals surface area contributed by atoms with Crippen molar-refractivity contribution in [2.24, 2.45) is 0 Å². The van der Waals surface area contributed by atoms with Crippen molar-refractivity contribution in [1.82, 2.24) is 0 Å². The van der Waals surface area contributed by atoms with Gasteiger partial charge in [0.2, 0.25) is 11.8 Å². The predicted molar refractivity (Wildman–Crippen MR) is 127 cm³/mol. The highest BCUT2D eigenvalue weighted by molar-refractivity contribution is 7.92. The Morgan fingerprint density at radius 2 is 1.53 bits per heavy atom. The smallest absolute Gasteiger partial charge is 0.264 e. The minimum absolute atomic E-state index is 0.0554. The predicted octanol–water partition coefficient (Wildman–Crippen LogP) is 4.44. The highest BCUT2D eigenvalue weighted by atomic mass is 35.5. The van der Waals surface area contributed by atoms with E-state index in [9.17, 15) is 18.0 Å². The first-order chi connectivity index (χ1) is 15.2. The molecule has 7 nitrogen and oxygen atoms in total. The average molecular weight is 472 g/mol. The number of hydrogen-bond acceptors (Lipinski definition) is 4. The first-order valence-electron chi connectivity index (χ1n) is 9.69. The largest absolute Gasteiger partial charge is 0.326 e. The minimum Gasteiger partial charge on any atom is -0.326 e. The van der Waals surface area contributed by atoms with Crippen LogP contribution >= 0.6 is 11.6 Å². The van der Waals surface area contributed by atoms with E-state index in [1.165, 1.54) is 19.1 Å². The molecule has 3 rings (SSSR count). The molecular weight excluding hydrogens is 450 g/mol. The van der Waals surface area contributed by atoms with Gasteiger partial charge < -0.3 is 10.6 Å². The molecule has 2 N–H and O–H groups in total. The molecule has 0 aromatic heterocycles. The first-order valence-corrected chi connectivity index (χ1v) is 11.5. The van der Waals surface area contributed by atoms with Gasteiger partial charge in [0.1, 0.15) is 6.54 Å². The van der Waals surface area contributed by atoms with Crippen LogP contribution in [0.2, 0.25) is 5.02 Å². The number of rotatable bonds is 7. The van der Waals surface area contributed by atoms with E-state index in [2.05, 4.69) is 10.6 Å². The van der Waals surface area contributed by atoms with Crippen LogP contribution in [0.4, 0.5) is 17.1 Å². The highest BCUT2D eigenvalue weighted by Gasteiger charge is 2.28. The van der Waals surface area contributed by atoms with E-state index in [1.807, 2.05) is 0 Å². The molecule has 3 aromatic rings. The lowest BCUT2D eigenvalue weighted by Crippen LogP contribution is -2.38. The molecule has 0 aliphatic carbocycles. The Morgan fingerprint density at radius 1 is 0.906 bits per heavy atom. The Balaban J connectivity index is 1.94. The summed E-state index contributed by atoms with van der Waals surface area (Å²) in [4.78, 5) is 24.2. The number of nitrogens with one attached hydrogen (secondary N) is 2. The standard InChI is InChI=1S/C23H22ClN3O4S/c1-16-21(24)12-7-13-22(16)27(32(30,31)20-10-4-3-5-11-20)15-23(29)26-19-9-6-8-18(14-19)25-17(2)28/h3-14H,15H2,1-2H3,(H,25,28)(H,26,29). The molecule has 0 saturated heterocycles. The van der Waals surface area contributed by atoms with Gasteiger partial charge in [0, 0.05) is 23.3 Å². The summed E-state index contributed by atoms with van der Waals surface area (Å²) in [5.74, 6) is -0.797. The molecular formula is C23H22ClN3O4S. The third kappa shape index (κ3) is 5.46. The molecule has 0 radical (unpaired) electrons. The summed E-state index contributed by atoms with van der Waals surface area (Å²) in [5, 5.41) is 5.71. The Kier molecular flexibility index (Phi) is 7.17. The van der Waals surface area contributed by atoms with Gasteiger partial charge in [-0.1, -0.05) is 41.9 Å². The van der Waals surface area contributed by atoms with Crippen LogP contribution in [0.3, 0.4) is 0 Å². The Morgan fingerprint density at radius 3 is 2.19 bits per heavy atom. The summed E-state index contributed by atoms with van der Waals surface area (Å²) in [7, 11) is -4.05. The van der Waals surface area contributed by atoms with Crippen molar-refractivity contribution in [2.75, 3.05) is 21.5 Å². The number of sulfonamides is 1. The quantitative estimate of drug-likeness (QED) is 0.532. The van der Waals surface area contributed by atoms with E-state index in [0.29, 0.717) is 27.6 Å². The lowest BCUT2D eigenvalue weighted by Gasteiger charge is -2.26. The number of benzene rings is 3. The van der Waals surface area contributed by atoms with Gasteiger partial charge in [-0.05, 0) is 55.0 Å². The monoisotopic (exact) mass is 471 g/mol. The van der Waals surface area contributed by atoms with Gasteiger partial charge in [-0.3, -0.25) is 13.9 Å². The highest BCUT2D eigenvalue weighted by Crippen LogP contribution is 2.31. The van der Waals surface area contributed by atoms with Crippen molar-refractivity contribution in [1.29, 1.82) is 0 Å². The maximum atomic E-state index is 13.4. The van der Waals surface area contributed by atoms with Gasteiger partial charge in [-0.25, -0.2) is 8.42 Å². The normalized spacial score (nSPS) is 11.0. The first kappa shape index (κ1) is 23.3. The zero-order chi connectivity index (χ0) is 23.3. The molecule has 0 spiro atoms. The van der Waals surface area contributed by atoms with Crippen LogP contribution < -0.4 is 14.9 Å². The lowest BCUT2D eigenvalue weighted by molar-refractivity contribution is -0.115. The molecule has 9 heteroatoms. The maximum Gasteiger partial charge on any atom is 0.264 e. The minimum atomic E-state index is -4.05. The number of carbonyl (C=O) groups is 2. The Bertz CT molecular complexity index is 1250. The van der Waals surface area contributed by atoms with Crippen LogP contribution in [0.15, 0.2) is 77.7 Å². The lowest BCUT2D eigenvalue weighted by atomic mass is 10.2. The molecule has 0 heterocycles. The number of nitrogens with zero attached hydrogens (tertiary/aromatic N) is 1. The van der Waals surface area contributed by atoms with Crippen molar-refractivity contribution >= 4 is 50.5 Å². The Labute approximate surface area is 192 Å². The van der Waals surface area contributed by atoms with Gasteiger partial charge in [0.15, 0.2) is 0 Å². The van der Waals surface area contributed by atoms with Crippen LogP contribution in [0.25, 0.3) is 0 Å². The van der Waals surface area contributed by atoms with Crippen molar-refractivity contribution in [2.45, 2.75) is 18.7 Å². The average Bonchev–Trinajstić information content (AvgIpc) is 2.74. The molecule has 0 aliphatic rings. The zero-order valence-corrected chi connectivity index (χ0v) is 19.1. The number of amides is 2. The number of hydrogen-bond donors (Lipinski definition) is 2. The second-order valence-electron chi connectivity index (χ2n) is 7.02. The van der Waals surface area contributed by atoms with Crippen LogP contribution in [0, 0.1) is 6.92 Å². The maximum absolute atomic E-state index is 13.4. The van der Waals surface area contributed by atoms with Crippen LogP contribution in [0.5, 0.6) is 0 Å². The third-order valence-corrected chi connectivity index (χ3v) is 6.78. The van der Waals surface area contributed by atoms with Crippen LogP contribution in [-0.4, -0.2) is 26.8 Å². The molecule has 166 valence electrons. The van der Waals surface area contributed by atoms with E-state index in [1.54, 1.807) is 67.6 Å². The van der Waals surface area contributed by atoms with Gasteiger partial charge >= 0.3 is 0 Å². The molecule has 0 aliphatic heterocycles. The van der Waals surface area contributed by atoms with E-state index in [0.717, 1.165) is 4.31 Å². The van der Waals surface area contributed by atoms with Gasteiger partial charge in [-0.15, -0.1) is 0 Å². The van der Waals surface area contributed by atoms with Crippen LogP contribution in [0.1, 0.15) is 12.5 Å². The molecule has 0 fully saturated rings. The Hall–Kier alpha value is -3.36. The van der Waals surface area contributed by atoms with E-state index in [-0.39, 0.29) is 10.8 Å². The summed E-state index contributed by atoms with van der Waals surface area (Å²) in [6, 6.07) is 19.3. The molecule has 0 unspecified atom stereocenters. The second kappa shape index (κ2) is 9.84. The summed E-state index contributed by atoms with van der Waals surface area (Å²) in [6.45, 7) is 2.60.